The molecule has 2 atom stereocenters. The second-order valence-corrected chi connectivity index (χ2v) is 13.6. The molecule has 0 spiro atoms. The molecule has 1 fully saturated rings. The molecule has 1 aromatic carbocycles. The van der Waals surface area contributed by atoms with Crippen LogP contribution in [0.25, 0.3) is 5.78 Å². The fourth-order valence-electron chi connectivity index (χ4n) is 4.99. The maximum atomic E-state index is 13.5. The van der Waals surface area contributed by atoms with Crippen LogP contribution in [0.1, 0.15) is 37.9 Å². The van der Waals surface area contributed by atoms with E-state index in [9.17, 15) is 44.4 Å². The predicted molar refractivity (Wildman–Crippen MR) is 177 cm³/mol. The number of amides is 2. The van der Waals surface area contributed by atoms with Crippen molar-refractivity contribution < 1.29 is 54.3 Å². The summed E-state index contributed by atoms with van der Waals surface area (Å²) in [6.45, 7) is 1.17. The smallest absolute Gasteiger partial charge is 0.375 e. The molecule has 0 aliphatic carbocycles. The Labute approximate surface area is 296 Å². The Hall–Kier alpha value is -5.94. The topological polar surface area (TPSA) is 305 Å². The number of carbonyl (C=O) groups is 5. The molecular weight excluding hydrogens is 735 g/mol. The van der Waals surface area contributed by atoms with Crippen molar-refractivity contribution in [2.45, 2.75) is 30.0 Å². The molecule has 1 saturated heterocycles. The number of carboxylic acids is 3. The van der Waals surface area contributed by atoms with Crippen LogP contribution in [0.15, 0.2) is 45.0 Å². The van der Waals surface area contributed by atoms with Gasteiger partial charge in [0, 0.05) is 28.1 Å². The number of aliphatic carboxylic acids is 1. The van der Waals surface area contributed by atoms with Crippen molar-refractivity contribution in [2.24, 2.45) is 5.16 Å². The summed E-state index contributed by atoms with van der Waals surface area (Å²) >= 11 is 3.35. The molecule has 0 saturated carbocycles. The molecule has 2 aliphatic rings. The van der Waals surface area contributed by atoms with Crippen molar-refractivity contribution in [2.75, 3.05) is 17.2 Å². The van der Waals surface area contributed by atoms with Gasteiger partial charge in [-0.2, -0.15) is 9.50 Å². The predicted octanol–water partition coefficient (Wildman–Crippen LogP) is 0.731. The third-order valence-electron chi connectivity index (χ3n) is 7.35. The number of phenols is 2. The number of nitrogens with two attached hydrogens (primary N) is 1. The maximum absolute atomic E-state index is 13.5. The van der Waals surface area contributed by atoms with Gasteiger partial charge in [-0.05, 0) is 24.6 Å². The molecule has 0 bridgehead atoms. The number of rotatable bonds is 12. The van der Waals surface area contributed by atoms with E-state index in [1.54, 1.807) is 13.0 Å². The van der Waals surface area contributed by atoms with E-state index in [2.05, 4.69) is 30.5 Å². The van der Waals surface area contributed by atoms with Gasteiger partial charge in [0.1, 0.15) is 40.0 Å². The fourth-order valence-corrected chi connectivity index (χ4v) is 8.07. The number of phenolic OH excluding ortho intramolecular Hbond substituents is 1. The number of aromatic nitrogens is 5. The minimum absolute atomic E-state index is 0.0167. The number of benzene rings is 1. The Balaban J connectivity index is 1.18. The van der Waals surface area contributed by atoms with Gasteiger partial charge < -0.3 is 41.4 Å². The molecule has 0 radical (unpaired) electrons. The van der Waals surface area contributed by atoms with Gasteiger partial charge in [-0.3, -0.25) is 14.5 Å². The summed E-state index contributed by atoms with van der Waals surface area (Å²) in [6.07, 6.45) is 0. The van der Waals surface area contributed by atoms with E-state index < -0.39 is 76.3 Å². The lowest BCUT2D eigenvalue weighted by atomic mass is 10.0. The third kappa shape index (κ3) is 6.68. The van der Waals surface area contributed by atoms with Crippen LogP contribution in [0.2, 0.25) is 0 Å². The molecule has 5 heterocycles. The number of anilines is 1. The average molecular weight is 758 g/mol. The Morgan fingerprint density at radius 1 is 1.10 bits per heavy atom. The van der Waals surface area contributed by atoms with Crippen LogP contribution in [0.5, 0.6) is 11.5 Å². The van der Waals surface area contributed by atoms with E-state index in [0.29, 0.717) is 16.3 Å². The quantitative estimate of drug-likeness (QED) is 0.0262. The first-order chi connectivity index (χ1) is 24.2. The number of nitrogen functional groups attached to an aromatic ring is 1. The van der Waals surface area contributed by atoms with Crippen molar-refractivity contribution >= 4 is 81.2 Å². The number of aromatic hydroxyl groups is 2. The highest BCUT2D eigenvalue weighted by Gasteiger charge is 2.54. The second-order valence-electron chi connectivity index (χ2n) is 10.7. The SMILES string of the molecule is Cc1cc(SCC2=C(C(=O)O)N3C(=O)[C@@H](NC(=O)/C(=N\OCc4ccc(C(=O)O)c(O)c4O)c4csc(N)n4)[C@H]3SC2)n2nc(C(=O)O)nc2n1. The first kappa shape index (κ1) is 34.9. The van der Waals surface area contributed by atoms with E-state index >= 15 is 0 Å². The number of carbonyl (C=O) groups excluding carboxylic acids is 2. The number of aryl methyl sites for hydroxylation is 1. The summed E-state index contributed by atoms with van der Waals surface area (Å²) in [6, 6.07) is 2.70. The maximum Gasteiger partial charge on any atom is 0.375 e. The number of hydrogen-bond acceptors (Lipinski definition) is 17. The van der Waals surface area contributed by atoms with Crippen LogP contribution in [0.4, 0.5) is 5.13 Å². The van der Waals surface area contributed by atoms with Gasteiger partial charge in [-0.25, -0.2) is 24.4 Å². The number of carboxylic acid groups (broad SMARTS) is 3. The standard InChI is InChI=1S/C28H23N9O11S3/c1-9-4-14(37-28(30-9)33-20(34-37)26(46)47)49-6-11-7-50-23-16(22(41)36(23)17(11)25(44)45)32-21(40)15(13-8-51-27(29)31-13)35-48-5-10-2-3-12(24(42)43)19(39)18(10)38/h2-4,8,16,23,38-39H,5-7H2,1H3,(H2,29,31)(H,32,40)(H,42,43)(H,44,45)(H,46,47)/b35-15-/t16-,23-/m1/s1. The van der Waals surface area contributed by atoms with E-state index in [0.717, 1.165) is 34.1 Å². The lowest BCUT2D eigenvalue weighted by Gasteiger charge is -2.49. The van der Waals surface area contributed by atoms with Crippen LogP contribution in [-0.2, 0) is 25.8 Å². The van der Waals surface area contributed by atoms with Gasteiger partial charge in [0.15, 0.2) is 22.3 Å². The van der Waals surface area contributed by atoms with Gasteiger partial charge in [0.2, 0.25) is 0 Å². The average Bonchev–Trinajstić information content (AvgIpc) is 3.71. The van der Waals surface area contributed by atoms with Gasteiger partial charge in [0.05, 0.1) is 0 Å². The molecule has 0 unspecified atom stereocenters. The number of β-lactam (4-membered cyclic amide) rings is 1. The molecule has 4 aromatic rings. The third-order valence-corrected chi connectivity index (χ3v) is 10.4. The van der Waals surface area contributed by atoms with Crippen molar-refractivity contribution in [1.29, 1.82) is 0 Å². The summed E-state index contributed by atoms with van der Waals surface area (Å²) < 4.78 is 1.24. The van der Waals surface area contributed by atoms with E-state index in [1.807, 2.05) is 0 Å². The van der Waals surface area contributed by atoms with E-state index in [4.69, 9.17) is 15.7 Å². The molecule has 23 heteroatoms. The number of nitrogens with zero attached hydrogens (tertiary/aromatic N) is 7. The van der Waals surface area contributed by atoms with Gasteiger partial charge >= 0.3 is 17.9 Å². The fraction of sp³-hybridized carbons (Fsp3) is 0.214. The first-order valence-corrected chi connectivity index (χ1v) is 17.2. The highest BCUT2D eigenvalue weighted by Crippen LogP contribution is 2.42. The van der Waals surface area contributed by atoms with Crippen molar-refractivity contribution in [3.63, 3.8) is 0 Å². The monoisotopic (exact) mass is 757 g/mol. The number of aromatic carboxylic acids is 2. The van der Waals surface area contributed by atoms with Crippen molar-refractivity contribution in [3.8, 4) is 11.5 Å². The molecule has 264 valence electrons. The van der Waals surface area contributed by atoms with Crippen LogP contribution in [0.3, 0.4) is 0 Å². The molecule has 2 amide bonds. The number of hydrogen-bond donors (Lipinski definition) is 7. The van der Waals surface area contributed by atoms with Crippen LogP contribution < -0.4 is 11.1 Å². The zero-order valence-corrected chi connectivity index (χ0v) is 28.2. The zero-order valence-electron chi connectivity index (χ0n) is 25.7. The lowest BCUT2D eigenvalue weighted by Crippen LogP contribution is -2.71. The molecular formula is C28H23N9O11S3. The molecule has 51 heavy (non-hydrogen) atoms. The minimum Gasteiger partial charge on any atom is -0.504 e. The summed E-state index contributed by atoms with van der Waals surface area (Å²) in [5.41, 5.74) is 5.37. The second kappa shape index (κ2) is 13.8. The van der Waals surface area contributed by atoms with Crippen molar-refractivity contribution in [3.05, 3.63) is 63.2 Å². The largest absolute Gasteiger partial charge is 0.504 e. The molecule has 3 aromatic heterocycles. The minimum atomic E-state index is -1.47. The summed E-state index contributed by atoms with van der Waals surface area (Å²) in [4.78, 5) is 80.3. The molecule has 20 nitrogen and oxygen atoms in total. The first-order valence-electron chi connectivity index (χ1n) is 14.2. The number of fused-ring (bicyclic) bond motifs is 2. The Morgan fingerprint density at radius 3 is 2.53 bits per heavy atom. The van der Waals surface area contributed by atoms with Gasteiger partial charge in [-0.15, -0.1) is 40.0 Å². The van der Waals surface area contributed by atoms with Crippen LogP contribution in [0, 0.1) is 6.92 Å². The van der Waals surface area contributed by atoms with Crippen molar-refractivity contribution in [1.82, 2.24) is 34.8 Å². The Bertz CT molecular complexity index is 2220. The summed E-state index contributed by atoms with van der Waals surface area (Å²) in [7, 11) is 0. The Morgan fingerprint density at radius 2 is 1.86 bits per heavy atom. The summed E-state index contributed by atoms with van der Waals surface area (Å²) in [5, 5.41) is 60.2. The Kier molecular flexibility index (Phi) is 9.42. The number of oxime groups is 1. The van der Waals surface area contributed by atoms with Crippen LogP contribution in [-0.4, -0.2) is 113 Å². The molecule has 2 aliphatic heterocycles. The van der Waals surface area contributed by atoms with Gasteiger partial charge in [-0.1, -0.05) is 11.2 Å². The van der Waals surface area contributed by atoms with Crippen LogP contribution >= 0.6 is 34.9 Å². The number of thioether (sulfide) groups is 2. The van der Waals surface area contributed by atoms with E-state index in [1.165, 1.54) is 27.7 Å². The molecule has 8 N–H and O–H groups in total. The lowest BCUT2D eigenvalue weighted by molar-refractivity contribution is -0.150. The highest BCUT2D eigenvalue weighted by molar-refractivity contribution is 8.01. The number of nitrogens with one attached hydrogen (secondary N) is 1. The van der Waals surface area contributed by atoms with Gasteiger partial charge in [0.25, 0.3) is 23.4 Å². The zero-order chi connectivity index (χ0) is 36.7. The van der Waals surface area contributed by atoms with E-state index in [-0.39, 0.29) is 39.4 Å². The molecule has 6 rings (SSSR count). The summed E-state index contributed by atoms with van der Waals surface area (Å²) in [5.74, 6) is -7.59. The highest BCUT2D eigenvalue weighted by atomic mass is 32.2. The number of thiazole rings is 1. The normalized spacial score (nSPS) is 17.2.